The largest absolute Gasteiger partial charge is 0.396 e. The smallest absolute Gasteiger partial charge is 0.0774 e. The molecule has 0 aliphatic heterocycles. The lowest BCUT2D eigenvalue weighted by molar-refractivity contribution is -0.0174. The summed E-state index contributed by atoms with van der Waals surface area (Å²) in [6.07, 6.45) is 9.02. The molecule has 0 spiro atoms. The van der Waals surface area contributed by atoms with E-state index >= 15 is 0 Å². The molecule has 0 atom stereocenters. The van der Waals surface area contributed by atoms with Crippen LogP contribution in [0.2, 0.25) is 0 Å². The Morgan fingerprint density at radius 2 is 1.81 bits per heavy atom. The Morgan fingerprint density at radius 1 is 1.12 bits per heavy atom. The normalized spacial score (nSPS) is 24.9. The van der Waals surface area contributed by atoms with Gasteiger partial charge in [0.25, 0.3) is 0 Å². The maximum atomic E-state index is 10.4. The lowest BCUT2D eigenvalue weighted by Gasteiger charge is -2.41. The molecule has 2 aliphatic carbocycles. The zero-order valence-corrected chi connectivity index (χ0v) is 10.2. The van der Waals surface area contributed by atoms with Crippen molar-refractivity contribution in [2.45, 2.75) is 63.0 Å². The summed E-state index contributed by atoms with van der Waals surface area (Å²) in [6.45, 7) is 2.04. The summed E-state index contributed by atoms with van der Waals surface area (Å²) < 4.78 is 0. The summed E-state index contributed by atoms with van der Waals surface area (Å²) in [4.78, 5) is 2.42. The van der Waals surface area contributed by atoms with Crippen LogP contribution >= 0.6 is 0 Å². The van der Waals surface area contributed by atoms with Gasteiger partial charge in [0.15, 0.2) is 0 Å². The number of hydrogen-bond donors (Lipinski definition) is 2. The monoisotopic (exact) mass is 227 g/mol. The van der Waals surface area contributed by atoms with E-state index in [0.717, 1.165) is 32.4 Å². The van der Waals surface area contributed by atoms with Crippen LogP contribution in [0.5, 0.6) is 0 Å². The maximum absolute atomic E-state index is 10.4. The molecule has 0 unspecified atom stereocenters. The molecule has 2 aliphatic rings. The van der Waals surface area contributed by atoms with Crippen molar-refractivity contribution in [2.75, 3.05) is 19.7 Å². The van der Waals surface area contributed by atoms with Crippen LogP contribution in [0.3, 0.4) is 0 Å². The van der Waals surface area contributed by atoms with Gasteiger partial charge in [-0.3, -0.25) is 4.90 Å². The minimum Gasteiger partial charge on any atom is -0.396 e. The fraction of sp³-hybridized carbons (Fsp3) is 1.00. The molecule has 2 rings (SSSR count). The molecule has 0 saturated heterocycles. The molecule has 2 fully saturated rings. The third-order valence-corrected chi connectivity index (χ3v) is 4.23. The second kappa shape index (κ2) is 5.48. The van der Waals surface area contributed by atoms with E-state index < -0.39 is 5.60 Å². The summed E-state index contributed by atoms with van der Waals surface area (Å²) in [5, 5.41) is 19.3. The molecule has 3 heteroatoms. The minimum atomic E-state index is -0.426. The van der Waals surface area contributed by atoms with Gasteiger partial charge < -0.3 is 10.2 Å². The quantitative estimate of drug-likeness (QED) is 0.723. The molecule has 2 N–H and O–H groups in total. The summed E-state index contributed by atoms with van der Waals surface area (Å²) in [7, 11) is 0. The second-order valence-corrected chi connectivity index (χ2v) is 5.56. The van der Waals surface area contributed by atoms with E-state index in [1.54, 1.807) is 0 Å². The van der Waals surface area contributed by atoms with Crippen molar-refractivity contribution in [3.05, 3.63) is 0 Å². The number of rotatable bonds is 6. The predicted octanol–water partition coefficient (Wildman–Crippen LogP) is 1.53. The van der Waals surface area contributed by atoms with Gasteiger partial charge in [0.1, 0.15) is 0 Å². The number of aliphatic hydroxyl groups excluding tert-OH is 1. The van der Waals surface area contributed by atoms with Gasteiger partial charge in [-0.15, -0.1) is 0 Å². The molecule has 16 heavy (non-hydrogen) atoms. The first kappa shape index (κ1) is 12.3. The summed E-state index contributed by atoms with van der Waals surface area (Å²) >= 11 is 0. The van der Waals surface area contributed by atoms with Gasteiger partial charge >= 0.3 is 0 Å². The Morgan fingerprint density at radius 3 is 2.31 bits per heavy atom. The highest BCUT2D eigenvalue weighted by molar-refractivity contribution is 4.91. The van der Waals surface area contributed by atoms with Crippen molar-refractivity contribution in [3.8, 4) is 0 Å². The van der Waals surface area contributed by atoms with E-state index in [-0.39, 0.29) is 6.61 Å². The van der Waals surface area contributed by atoms with Gasteiger partial charge in [-0.25, -0.2) is 0 Å². The zero-order valence-electron chi connectivity index (χ0n) is 10.2. The van der Waals surface area contributed by atoms with Gasteiger partial charge in [-0.2, -0.15) is 0 Å². The SMILES string of the molecule is OCCCN(CC1(O)CCCC1)C1CCC1. The van der Waals surface area contributed by atoms with Crippen LogP contribution in [0.25, 0.3) is 0 Å². The van der Waals surface area contributed by atoms with Crippen molar-refractivity contribution in [1.29, 1.82) is 0 Å². The second-order valence-electron chi connectivity index (χ2n) is 5.56. The first-order valence-corrected chi connectivity index (χ1v) is 6.81. The Balaban J connectivity index is 1.84. The molecule has 2 saturated carbocycles. The summed E-state index contributed by atoms with van der Waals surface area (Å²) in [5.41, 5.74) is -0.426. The number of aliphatic hydroxyl groups is 2. The molecule has 0 amide bonds. The lowest BCUT2D eigenvalue weighted by atomic mass is 9.89. The Hall–Kier alpha value is -0.120. The maximum Gasteiger partial charge on any atom is 0.0774 e. The van der Waals surface area contributed by atoms with Gasteiger partial charge in [-0.1, -0.05) is 19.3 Å². The molecule has 0 bridgehead atoms. The summed E-state index contributed by atoms with van der Waals surface area (Å²) in [6, 6.07) is 0.677. The van der Waals surface area contributed by atoms with E-state index in [0.29, 0.717) is 6.04 Å². The standard InChI is InChI=1S/C13H25NO2/c15-10-4-9-14(12-5-3-6-12)11-13(16)7-1-2-8-13/h12,15-16H,1-11H2. The topological polar surface area (TPSA) is 43.7 Å². The van der Waals surface area contributed by atoms with Crippen LogP contribution in [-0.4, -0.2) is 46.5 Å². The van der Waals surface area contributed by atoms with Crippen LogP contribution in [0, 0.1) is 0 Å². The first-order chi connectivity index (χ1) is 7.73. The fourth-order valence-electron chi connectivity index (χ4n) is 2.99. The molecule has 3 nitrogen and oxygen atoms in total. The first-order valence-electron chi connectivity index (χ1n) is 6.81. The fourth-order valence-corrected chi connectivity index (χ4v) is 2.99. The van der Waals surface area contributed by atoms with Gasteiger partial charge in [0, 0.05) is 25.7 Å². The zero-order chi connectivity index (χ0) is 11.4. The summed E-state index contributed by atoms with van der Waals surface area (Å²) in [5.74, 6) is 0. The minimum absolute atomic E-state index is 0.266. The average Bonchev–Trinajstić information content (AvgIpc) is 2.58. The van der Waals surface area contributed by atoms with Crippen LogP contribution in [0.1, 0.15) is 51.4 Å². The van der Waals surface area contributed by atoms with E-state index in [2.05, 4.69) is 4.90 Å². The van der Waals surface area contributed by atoms with Crippen molar-refractivity contribution in [3.63, 3.8) is 0 Å². The third-order valence-electron chi connectivity index (χ3n) is 4.23. The Bertz CT molecular complexity index is 210. The van der Waals surface area contributed by atoms with E-state index in [4.69, 9.17) is 5.11 Å². The van der Waals surface area contributed by atoms with E-state index in [1.807, 2.05) is 0 Å². The van der Waals surface area contributed by atoms with E-state index in [9.17, 15) is 5.11 Å². The molecule has 0 radical (unpaired) electrons. The predicted molar refractivity (Wildman–Crippen MR) is 64.3 cm³/mol. The highest BCUT2D eigenvalue weighted by Crippen LogP contribution is 2.33. The lowest BCUT2D eigenvalue weighted by Crippen LogP contribution is -2.49. The Kier molecular flexibility index (Phi) is 4.22. The molecule has 94 valence electrons. The molecular formula is C13H25NO2. The highest BCUT2D eigenvalue weighted by Gasteiger charge is 2.36. The van der Waals surface area contributed by atoms with Crippen molar-refractivity contribution >= 4 is 0 Å². The van der Waals surface area contributed by atoms with Gasteiger partial charge in [-0.05, 0) is 32.1 Å². The third kappa shape index (κ3) is 2.96. The van der Waals surface area contributed by atoms with Gasteiger partial charge in [0.05, 0.1) is 5.60 Å². The van der Waals surface area contributed by atoms with E-state index in [1.165, 1.54) is 32.1 Å². The van der Waals surface area contributed by atoms with Crippen molar-refractivity contribution in [1.82, 2.24) is 4.90 Å². The Labute approximate surface area is 98.5 Å². The van der Waals surface area contributed by atoms with Crippen LogP contribution in [0.15, 0.2) is 0 Å². The average molecular weight is 227 g/mol. The van der Waals surface area contributed by atoms with Gasteiger partial charge in [0.2, 0.25) is 0 Å². The highest BCUT2D eigenvalue weighted by atomic mass is 16.3. The molecule has 0 aromatic carbocycles. The van der Waals surface area contributed by atoms with Crippen LogP contribution in [-0.2, 0) is 0 Å². The van der Waals surface area contributed by atoms with Crippen molar-refractivity contribution < 1.29 is 10.2 Å². The molecule has 0 heterocycles. The number of nitrogens with zero attached hydrogens (tertiary/aromatic N) is 1. The molecule has 0 aromatic rings. The van der Waals surface area contributed by atoms with Crippen LogP contribution < -0.4 is 0 Å². The van der Waals surface area contributed by atoms with Crippen molar-refractivity contribution in [2.24, 2.45) is 0 Å². The van der Waals surface area contributed by atoms with Crippen LogP contribution in [0.4, 0.5) is 0 Å². The number of hydrogen-bond acceptors (Lipinski definition) is 3. The molecular weight excluding hydrogens is 202 g/mol. The molecule has 0 aromatic heterocycles.